The molecule has 0 bridgehead atoms. The fourth-order valence-electron chi connectivity index (χ4n) is 4.94. The monoisotopic (exact) mass is 529 g/mol. The van der Waals surface area contributed by atoms with E-state index < -0.39 is 12.1 Å². The van der Waals surface area contributed by atoms with E-state index in [1.807, 2.05) is 47.4 Å². The Labute approximate surface area is 218 Å². The van der Waals surface area contributed by atoms with Crippen molar-refractivity contribution in [2.45, 2.75) is 43.9 Å². The van der Waals surface area contributed by atoms with Gasteiger partial charge in [-0.25, -0.2) is 4.79 Å². The summed E-state index contributed by atoms with van der Waals surface area (Å²) in [6.07, 6.45) is 2.09. The predicted molar refractivity (Wildman–Crippen MR) is 135 cm³/mol. The number of nitrogens with zero attached hydrogens (tertiary/aromatic N) is 1. The van der Waals surface area contributed by atoms with E-state index in [4.69, 9.17) is 9.90 Å². The molecule has 2 amide bonds. The van der Waals surface area contributed by atoms with Gasteiger partial charge in [-0.15, -0.1) is 0 Å². The summed E-state index contributed by atoms with van der Waals surface area (Å²) in [7, 11) is 0. The summed E-state index contributed by atoms with van der Waals surface area (Å²) < 4.78 is 31.7. The molecular formula is C28H30F3N3O4. The highest BCUT2D eigenvalue weighted by atomic mass is 19.4. The maximum Gasteiger partial charge on any atom is 0.490 e. The van der Waals surface area contributed by atoms with E-state index in [-0.39, 0.29) is 23.9 Å². The second-order valence-electron chi connectivity index (χ2n) is 9.72. The lowest BCUT2D eigenvalue weighted by Crippen LogP contribution is -2.46. The standard InChI is InChI=1S/C26H29N3O2.C2HF3O2/c30-24(29-15-14-19-8-4-5-9-23(19)29)13-12-21(11-10-18-6-2-1-3-7-18)28-26(31)25-22-16-20(22)17-27-25;3-2(4,5)1(6)7/h1-9,12-13,20-22,25,27H,10-11,14-17H2,(H,28,31);(H,6,7)/t20-,21-,22-,25+;/m0./s1. The van der Waals surface area contributed by atoms with E-state index in [1.54, 1.807) is 6.08 Å². The molecule has 2 aromatic carbocycles. The highest BCUT2D eigenvalue weighted by Crippen LogP contribution is 2.45. The number of anilines is 1. The van der Waals surface area contributed by atoms with Crippen LogP contribution in [0, 0.1) is 11.8 Å². The Morgan fingerprint density at radius 1 is 1.11 bits per heavy atom. The van der Waals surface area contributed by atoms with Crippen molar-refractivity contribution in [1.82, 2.24) is 10.6 Å². The Morgan fingerprint density at radius 3 is 2.42 bits per heavy atom. The minimum Gasteiger partial charge on any atom is -0.475 e. The number of rotatable bonds is 7. The topological polar surface area (TPSA) is 98.7 Å². The molecular weight excluding hydrogens is 499 g/mol. The van der Waals surface area contributed by atoms with E-state index in [9.17, 15) is 22.8 Å². The van der Waals surface area contributed by atoms with Crippen molar-refractivity contribution in [3.63, 3.8) is 0 Å². The number of nitrogens with one attached hydrogen (secondary N) is 2. The lowest BCUT2D eigenvalue weighted by atomic mass is 10.0. The zero-order valence-electron chi connectivity index (χ0n) is 20.7. The molecule has 3 aliphatic rings. The number of carboxylic acid groups (broad SMARTS) is 1. The molecule has 7 nitrogen and oxygen atoms in total. The van der Waals surface area contributed by atoms with Gasteiger partial charge in [0.25, 0.3) is 5.91 Å². The number of hydrogen-bond donors (Lipinski definition) is 3. The van der Waals surface area contributed by atoms with Crippen LogP contribution in [0.2, 0.25) is 0 Å². The van der Waals surface area contributed by atoms with E-state index >= 15 is 0 Å². The van der Waals surface area contributed by atoms with Crippen LogP contribution in [-0.2, 0) is 27.2 Å². The molecule has 0 aromatic heterocycles. The number of amides is 2. The van der Waals surface area contributed by atoms with Gasteiger partial charge in [-0.2, -0.15) is 13.2 Å². The molecule has 2 aliphatic heterocycles. The summed E-state index contributed by atoms with van der Waals surface area (Å²) in [5.74, 6) is -1.56. The van der Waals surface area contributed by atoms with Gasteiger partial charge in [0.2, 0.25) is 5.91 Å². The first-order chi connectivity index (χ1) is 18.1. The van der Waals surface area contributed by atoms with Crippen LogP contribution in [0.4, 0.5) is 18.9 Å². The zero-order chi connectivity index (χ0) is 27.3. The summed E-state index contributed by atoms with van der Waals surface area (Å²) >= 11 is 0. The number of aliphatic carboxylic acids is 1. The van der Waals surface area contributed by atoms with Gasteiger partial charge in [-0.1, -0.05) is 54.6 Å². The smallest absolute Gasteiger partial charge is 0.475 e. The van der Waals surface area contributed by atoms with Crippen molar-refractivity contribution in [1.29, 1.82) is 0 Å². The number of hydrogen-bond acceptors (Lipinski definition) is 4. The van der Waals surface area contributed by atoms with Gasteiger partial charge < -0.3 is 20.6 Å². The molecule has 1 aliphatic carbocycles. The van der Waals surface area contributed by atoms with E-state index in [1.165, 1.54) is 11.1 Å². The molecule has 0 spiro atoms. The molecule has 38 heavy (non-hydrogen) atoms. The Morgan fingerprint density at radius 2 is 1.79 bits per heavy atom. The van der Waals surface area contributed by atoms with E-state index in [0.717, 1.165) is 37.9 Å². The number of piperidine rings is 1. The Balaban J connectivity index is 0.000000426. The largest absolute Gasteiger partial charge is 0.490 e. The first-order valence-electron chi connectivity index (χ1n) is 12.6. The highest BCUT2D eigenvalue weighted by Gasteiger charge is 2.51. The van der Waals surface area contributed by atoms with Crippen molar-refractivity contribution < 1.29 is 32.7 Å². The minimum absolute atomic E-state index is 0.0230. The molecule has 1 saturated heterocycles. The van der Waals surface area contributed by atoms with Crippen LogP contribution in [0.5, 0.6) is 0 Å². The molecule has 0 radical (unpaired) electrons. The second-order valence-corrected chi connectivity index (χ2v) is 9.72. The van der Waals surface area contributed by atoms with Crippen LogP contribution in [0.25, 0.3) is 0 Å². The lowest BCUT2D eigenvalue weighted by Gasteiger charge is -2.20. The molecule has 2 fully saturated rings. The van der Waals surface area contributed by atoms with Crippen molar-refractivity contribution in [3.05, 3.63) is 77.9 Å². The van der Waals surface area contributed by atoms with Crippen LogP contribution in [-0.4, -0.2) is 54.2 Å². The molecule has 4 atom stereocenters. The van der Waals surface area contributed by atoms with Gasteiger partial charge in [0.1, 0.15) is 0 Å². The third-order valence-electron chi connectivity index (χ3n) is 7.07. The number of aryl methyl sites for hydroxylation is 1. The first-order valence-corrected chi connectivity index (χ1v) is 12.6. The summed E-state index contributed by atoms with van der Waals surface area (Å²) in [6.45, 7) is 1.65. The summed E-state index contributed by atoms with van der Waals surface area (Å²) in [5.41, 5.74) is 3.44. The van der Waals surface area contributed by atoms with Crippen LogP contribution in [0.3, 0.4) is 0 Å². The number of carbonyl (C=O) groups excluding carboxylic acids is 2. The summed E-state index contributed by atoms with van der Waals surface area (Å²) in [6, 6.07) is 18.1. The number of para-hydroxylation sites is 1. The van der Waals surface area contributed by atoms with Crippen molar-refractivity contribution in [3.8, 4) is 0 Å². The van der Waals surface area contributed by atoms with E-state index in [0.29, 0.717) is 18.4 Å². The second kappa shape index (κ2) is 11.8. The molecule has 1 saturated carbocycles. The Hall–Kier alpha value is -3.66. The first kappa shape index (κ1) is 27.4. The number of carbonyl (C=O) groups is 3. The summed E-state index contributed by atoms with van der Waals surface area (Å²) in [5, 5.41) is 13.7. The highest BCUT2D eigenvalue weighted by molar-refractivity contribution is 6.03. The minimum atomic E-state index is -5.08. The van der Waals surface area contributed by atoms with Gasteiger partial charge in [0.15, 0.2) is 0 Å². The third-order valence-corrected chi connectivity index (χ3v) is 7.07. The van der Waals surface area contributed by atoms with Crippen molar-refractivity contribution >= 4 is 23.5 Å². The van der Waals surface area contributed by atoms with Crippen LogP contribution in [0.15, 0.2) is 66.7 Å². The van der Waals surface area contributed by atoms with Crippen LogP contribution < -0.4 is 15.5 Å². The molecule has 2 aromatic rings. The predicted octanol–water partition coefficient (Wildman–Crippen LogP) is 3.49. The number of halogens is 3. The van der Waals surface area contributed by atoms with Crippen LogP contribution >= 0.6 is 0 Å². The fourth-order valence-corrected chi connectivity index (χ4v) is 4.94. The quantitative estimate of drug-likeness (QED) is 0.477. The number of fused-ring (bicyclic) bond motifs is 2. The van der Waals surface area contributed by atoms with Gasteiger partial charge in [0.05, 0.1) is 6.04 Å². The van der Waals surface area contributed by atoms with Gasteiger partial charge in [-0.05, 0) is 61.3 Å². The van der Waals surface area contributed by atoms with E-state index in [2.05, 4.69) is 28.8 Å². The molecule has 3 N–H and O–H groups in total. The number of alkyl halides is 3. The Kier molecular flexibility index (Phi) is 8.51. The normalized spacial score (nSPS) is 22.2. The van der Waals surface area contributed by atoms with Gasteiger partial charge >= 0.3 is 12.1 Å². The lowest BCUT2D eigenvalue weighted by molar-refractivity contribution is -0.192. The molecule has 0 unspecified atom stereocenters. The molecule has 202 valence electrons. The molecule has 5 rings (SSSR count). The maximum absolute atomic E-state index is 12.9. The average molecular weight is 530 g/mol. The molecule has 10 heteroatoms. The molecule has 2 heterocycles. The average Bonchev–Trinajstić information content (AvgIpc) is 3.33. The SMILES string of the molecule is O=C(N[C@H](C=CC(=O)N1CCc2ccccc21)CCc1ccccc1)[C@@H]1NC[C@@H]2C[C@@H]21.O=C(O)C(F)(F)F. The maximum atomic E-state index is 12.9. The Bertz CT molecular complexity index is 1190. The third kappa shape index (κ3) is 7.00. The van der Waals surface area contributed by atoms with Gasteiger partial charge in [0, 0.05) is 24.4 Å². The zero-order valence-corrected chi connectivity index (χ0v) is 20.7. The number of benzene rings is 2. The summed E-state index contributed by atoms with van der Waals surface area (Å²) in [4.78, 5) is 36.5. The van der Waals surface area contributed by atoms with Crippen molar-refractivity contribution in [2.24, 2.45) is 11.8 Å². The fraction of sp³-hybridized carbons (Fsp3) is 0.393. The van der Waals surface area contributed by atoms with Crippen LogP contribution in [0.1, 0.15) is 24.0 Å². The number of carboxylic acids is 1. The van der Waals surface area contributed by atoms with Gasteiger partial charge in [-0.3, -0.25) is 9.59 Å². The van der Waals surface area contributed by atoms with Crippen molar-refractivity contribution in [2.75, 3.05) is 18.0 Å².